The first kappa shape index (κ1) is 36.5. The third-order valence-corrected chi connectivity index (χ3v) is 23.7. The monoisotopic (exact) mass is 858 g/mol. The Kier molecular flexibility index (Phi) is 7.76. The van der Waals surface area contributed by atoms with Crippen LogP contribution in [0.5, 0.6) is 0 Å². The Labute approximate surface area is 372 Å². The molecule has 0 bridgehead atoms. The molecule has 4 heteroatoms. The lowest BCUT2D eigenvalue weighted by atomic mass is 9.91. The van der Waals surface area contributed by atoms with Crippen molar-refractivity contribution in [3.63, 3.8) is 0 Å². The Balaban J connectivity index is 1.06. The molecule has 0 aliphatic carbocycles. The molecule has 2 aliphatic rings. The second-order valence-electron chi connectivity index (χ2n) is 18.4. The molecule has 294 valence electrons. The van der Waals surface area contributed by atoms with Crippen molar-refractivity contribution in [2.24, 2.45) is 0 Å². The van der Waals surface area contributed by atoms with E-state index in [2.05, 4.69) is 208 Å². The summed E-state index contributed by atoms with van der Waals surface area (Å²) in [7, 11) is -4.39. The molecular weight excluding hydrogens is 817 g/mol. The molecule has 62 heavy (non-hydrogen) atoms. The molecule has 13 rings (SSSR count). The Hall–Kier alpha value is -6.15. The van der Waals surface area contributed by atoms with Gasteiger partial charge in [0.15, 0.2) is 0 Å². The van der Waals surface area contributed by atoms with E-state index in [0.29, 0.717) is 0 Å². The maximum Gasteiger partial charge on any atom is 0.113 e. The first-order valence-electron chi connectivity index (χ1n) is 21.7. The van der Waals surface area contributed by atoms with Crippen molar-refractivity contribution in [3.8, 4) is 66.8 Å². The summed E-state index contributed by atoms with van der Waals surface area (Å²) in [5, 5.41) is 12.0. The van der Waals surface area contributed by atoms with Gasteiger partial charge in [0.05, 0.1) is 0 Å². The van der Waals surface area contributed by atoms with Crippen molar-refractivity contribution in [2.45, 2.75) is 26.2 Å². The van der Waals surface area contributed by atoms with E-state index in [-0.39, 0.29) is 0 Å². The van der Waals surface area contributed by atoms with Crippen LogP contribution in [-0.4, -0.2) is 16.1 Å². The lowest BCUT2D eigenvalue weighted by Gasteiger charge is -2.22. The van der Waals surface area contributed by atoms with Crippen molar-refractivity contribution in [1.82, 2.24) is 0 Å². The van der Waals surface area contributed by atoms with Gasteiger partial charge in [0.1, 0.15) is 16.1 Å². The first-order chi connectivity index (χ1) is 30.3. The standard InChI is InChI=1S/C58H42S2Si2/c1-61(2)49-33-46-50(34-45(49)53-51(61)31-43(57-55(53)41-25-11-13-27-47(41)59-57)39-23-15-21-37(29-39)35-17-7-5-8-18-35)62(3,4)52-32-44(40-24-16-22-38(30-40)36-19-9-6-10-20-36)58-56(54(46)52)42-26-12-14-28-48(42)60-58/h5-34H,1-4H3. The smallest absolute Gasteiger partial charge is 0.113 e. The summed E-state index contributed by atoms with van der Waals surface area (Å²) in [6.07, 6.45) is 0. The molecule has 0 saturated heterocycles. The quantitative estimate of drug-likeness (QED) is 0.155. The van der Waals surface area contributed by atoms with Gasteiger partial charge in [0.2, 0.25) is 0 Å². The van der Waals surface area contributed by atoms with Crippen LogP contribution in [0.3, 0.4) is 0 Å². The number of benzene rings is 9. The van der Waals surface area contributed by atoms with Crippen molar-refractivity contribution in [2.75, 3.05) is 0 Å². The molecule has 0 fully saturated rings. The highest BCUT2D eigenvalue weighted by molar-refractivity contribution is 7.27. The van der Waals surface area contributed by atoms with Crippen LogP contribution in [0.1, 0.15) is 0 Å². The summed E-state index contributed by atoms with van der Waals surface area (Å²) in [5.74, 6) is 0. The molecule has 0 unspecified atom stereocenters. The highest BCUT2D eigenvalue weighted by atomic mass is 32.1. The predicted octanol–water partition coefficient (Wildman–Crippen LogP) is 14.7. The summed E-state index contributed by atoms with van der Waals surface area (Å²) in [6, 6.07) is 69.2. The van der Waals surface area contributed by atoms with Crippen LogP contribution < -0.4 is 20.7 Å². The van der Waals surface area contributed by atoms with Gasteiger partial charge in [-0.1, -0.05) is 184 Å². The predicted molar refractivity (Wildman–Crippen MR) is 278 cm³/mol. The lowest BCUT2D eigenvalue weighted by Crippen LogP contribution is -2.51. The second-order valence-corrected chi connectivity index (χ2v) is 29.1. The number of hydrogen-bond donors (Lipinski definition) is 0. The Morgan fingerprint density at radius 3 is 1.10 bits per heavy atom. The Bertz CT molecular complexity index is 3440. The van der Waals surface area contributed by atoms with Crippen molar-refractivity contribution in [1.29, 1.82) is 0 Å². The molecule has 2 aliphatic heterocycles. The van der Waals surface area contributed by atoms with E-state index in [0.717, 1.165) is 0 Å². The second kappa shape index (κ2) is 13.2. The normalized spacial score (nSPS) is 14.4. The van der Waals surface area contributed by atoms with Crippen LogP contribution >= 0.6 is 22.7 Å². The summed E-state index contributed by atoms with van der Waals surface area (Å²) >= 11 is 3.94. The fourth-order valence-corrected chi connectivity index (χ4v) is 19.7. The van der Waals surface area contributed by atoms with Crippen molar-refractivity contribution in [3.05, 3.63) is 182 Å². The highest BCUT2D eigenvalue weighted by Crippen LogP contribution is 2.50. The molecule has 0 spiro atoms. The van der Waals surface area contributed by atoms with E-state index < -0.39 is 16.1 Å². The third kappa shape index (κ3) is 5.09. The minimum absolute atomic E-state index is 1.26. The number of fused-ring (bicyclic) bond motifs is 14. The fourth-order valence-electron chi connectivity index (χ4n) is 11.1. The van der Waals surface area contributed by atoms with Crippen LogP contribution in [0.2, 0.25) is 26.2 Å². The average Bonchev–Trinajstić information content (AvgIpc) is 4.01. The zero-order valence-corrected chi connectivity index (χ0v) is 38.8. The summed E-state index contributed by atoms with van der Waals surface area (Å²) in [6.45, 7) is 10.5. The maximum atomic E-state index is 2.72. The minimum Gasteiger partial charge on any atom is -0.135 e. The van der Waals surface area contributed by atoms with E-state index in [1.54, 1.807) is 20.7 Å². The topological polar surface area (TPSA) is 0 Å². The van der Waals surface area contributed by atoms with Gasteiger partial charge in [-0.25, -0.2) is 0 Å². The van der Waals surface area contributed by atoms with Gasteiger partial charge < -0.3 is 0 Å². The molecule has 0 atom stereocenters. The highest BCUT2D eigenvalue weighted by Gasteiger charge is 2.45. The third-order valence-electron chi connectivity index (χ3n) is 14.2. The van der Waals surface area contributed by atoms with Gasteiger partial charge in [-0.2, -0.15) is 0 Å². The van der Waals surface area contributed by atoms with Crippen LogP contribution in [0.15, 0.2) is 182 Å². The van der Waals surface area contributed by atoms with E-state index in [1.807, 2.05) is 22.7 Å². The summed E-state index contributed by atoms with van der Waals surface area (Å²) in [4.78, 5) is 0. The molecule has 0 N–H and O–H groups in total. The number of hydrogen-bond acceptors (Lipinski definition) is 2. The van der Waals surface area contributed by atoms with Crippen LogP contribution in [0.25, 0.3) is 107 Å². The lowest BCUT2D eigenvalue weighted by molar-refractivity contribution is 1.61. The molecule has 9 aromatic carbocycles. The van der Waals surface area contributed by atoms with Crippen molar-refractivity contribution < 1.29 is 0 Å². The summed E-state index contributed by atoms with van der Waals surface area (Å²) in [5.41, 5.74) is 16.4. The Morgan fingerprint density at radius 1 is 0.306 bits per heavy atom. The molecule has 4 heterocycles. The molecule has 0 nitrogen and oxygen atoms in total. The average molecular weight is 859 g/mol. The Morgan fingerprint density at radius 2 is 0.661 bits per heavy atom. The van der Waals surface area contributed by atoms with E-state index in [1.165, 1.54) is 107 Å². The SMILES string of the molecule is C[Si]1(C)c2cc3c(cc2-c2c1cc(-c1cccc(-c4ccccc4)c1)c1sc4ccccc4c21)[Si](C)(C)c1cc(-c2cccc(-c4ccccc4)c2)c2sc4ccccc4c2c1-3. The van der Waals surface area contributed by atoms with Gasteiger partial charge in [-0.05, 0) is 112 Å². The zero-order chi connectivity index (χ0) is 41.5. The van der Waals surface area contributed by atoms with Crippen LogP contribution in [-0.2, 0) is 0 Å². The zero-order valence-electron chi connectivity index (χ0n) is 35.1. The van der Waals surface area contributed by atoms with Gasteiger partial charge in [0, 0.05) is 40.3 Å². The van der Waals surface area contributed by atoms with Gasteiger partial charge in [0.25, 0.3) is 0 Å². The van der Waals surface area contributed by atoms with Gasteiger partial charge in [-0.3, -0.25) is 0 Å². The van der Waals surface area contributed by atoms with Crippen LogP contribution in [0, 0.1) is 0 Å². The number of thiophene rings is 2. The van der Waals surface area contributed by atoms with Crippen molar-refractivity contribution >= 4 is 99.9 Å². The first-order valence-corrected chi connectivity index (χ1v) is 29.4. The molecule has 0 amide bonds. The van der Waals surface area contributed by atoms with Gasteiger partial charge in [-0.15, -0.1) is 22.7 Å². The van der Waals surface area contributed by atoms with E-state index in [9.17, 15) is 0 Å². The van der Waals surface area contributed by atoms with Crippen LogP contribution in [0.4, 0.5) is 0 Å². The summed E-state index contributed by atoms with van der Waals surface area (Å²) < 4.78 is 5.54. The maximum absolute atomic E-state index is 2.72. The van der Waals surface area contributed by atoms with Gasteiger partial charge >= 0.3 is 0 Å². The number of rotatable bonds is 4. The van der Waals surface area contributed by atoms with E-state index in [4.69, 9.17) is 0 Å². The minimum atomic E-state index is -2.20. The van der Waals surface area contributed by atoms with E-state index >= 15 is 0 Å². The largest absolute Gasteiger partial charge is 0.135 e. The molecule has 0 saturated carbocycles. The molecular formula is C58H42S2Si2. The molecule has 0 radical (unpaired) electrons. The molecule has 11 aromatic rings. The molecule has 2 aromatic heterocycles. The fraction of sp³-hybridized carbons (Fsp3) is 0.0690.